The van der Waals surface area contributed by atoms with Crippen molar-refractivity contribution < 1.29 is 17.6 Å². The zero-order valence-electron chi connectivity index (χ0n) is 15.3. The van der Waals surface area contributed by atoms with E-state index in [0.29, 0.717) is 24.1 Å². The Balaban J connectivity index is 1.38. The van der Waals surface area contributed by atoms with Gasteiger partial charge < -0.3 is 4.57 Å². The van der Waals surface area contributed by atoms with Gasteiger partial charge in [-0.25, -0.2) is 9.37 Å². The number of aryl methyl sites for hydroxylation is 1. The van der Waals surface area contributed by atoms with Crippen LogP contribution in [-0.4, -0.2) is 27.5 Å². The van der Waals surface area contributed by atoms with Crippen molar-refractivity contribution in [1.29, 1.82) is 0 Å². The molecule has 146 valence electrons. The first-order valence-corrected chi connectivity index (χ1v) is 9.25. The molecule has 1 aliphatic carbocycles. The molecule has 0 bridgehead atoms. The van der Waals surface area contributed by atoms with Gasteiger partial charge in [-0.1, -0.05) is 6.07 Å². The molecule has 1 aromatic heterocycles. The summed E-state index contributed by atoms with van der Waals surface area (Å²) in [5.74, 6) is -0.348. The Morgan fingerprint density at radius 1 is 1.18 bits per heavy atom. The lowest BCUT2D eigenvalue weighted by molar-refractivity contribution is -0.137. The van der Waals surface area contributed by atoms with Crippen molar-refractivity contribution in [1.82, 2.24) is 14.5 Å². The van der Waals surface area contributed by atoms with Crippen LogP contribution in [-0.2, 0) is 25.2 Å². The van der Waals surface area contributed by atoms with E-state index >= 15 is 0 Å². The van der Waals surface area contributed by atoms with E-state index in [4.69, 9.17) is 0 Å². The van der Waals surface area contributed by atoms with Gasteiger partial charge in [0.2, 0.25) is 0 Å². The molecule has 1 saturated heterocycles. The first-order valence-electron chi connectivity index (χ1n) is 9.25. The van der Waals surface area contributed by atoms with E-state index in [2.05, 4.69) is 22.0 Å². The molecule has 3 aromatic rings. The van der Waals surface area contributed by atoms with Gasteiger partial charge in [0.25, 0.3) is 0 Å². The quantitative estimate of drug-likeness (QED) is 0.615. The molecule has 28 heavy (non-hydrogen) atoms. The summed E-state index contributed by atoms with van der Waals surface area (Å²) in [6.07, 6.45) is -1.66. The summed E-state index contributed by atoms with van der Waals surface area (Å²) in [6.45, 7) is 1.92. The molecule has 2 aliphatic rings. The number of halogens is 4. The van der Waals surface area contributed by atoms with Crippen molar-refractivity contribution in [2.45, 2.75) is 24.6 Å². The summed E-state index contributed by atoms with van der Waals surface area (Å²) in [5, 5.41) is 0. The van der Waals surface area contributed by atoms with Crippen molar-refractivity contribution >= 4 is 11.0 Å². The lowest BCUT2D eigenvalue weighted by atomic mass is 9.94. The topological polar surface area (TPSA) is 21.1 Å². The van der Waals surface area contributed by atoms with E-state index in [1.807, 2.05) is 17.7 Å². The summed E-state index contributed by atoms with van der Waals surface area (Å²) in [6, 6.07) is 9.13. The summed E-state index contributed by atoms with van der Waals surface area (Å²) in [5.41, 5.74) is 2.78. The fourth-order valence-electron chi connectivity index (χ4n) is 4.75. The highest BCUT2D eigenvalue weighted by Crippen LogP contribution is 2.59. The fourth-order valence-corrected chi connectivity index (χ4v) is 4.75. The molecule has 3 nitrogen and oxygen atoms in total. The first kappa shape index (κ1) is 17.7. The predicted molar refractivity (Wildman–Crippen MR) is 97.2 cm³/mol. The third kappa shape index (κ3) is 2.80. The van der Waals surface area contributed by atoms with Crippen molar-refractivity contribution in [2.75, 3.05) is 13.1 Å². The highest BCUT2D eigenvalue weighted by atomic mass is 19.4. The van der Waals surface area contributed by atoms with Gasteiger partial charge in [0.1, 0.15) is 5.82 Å². The van der Waals surface area contributed by atoms with Crippen LogP contribution >= 0.6 is 0 Å². The van der Waals surface area contributed by atoms with E-state index in [1.165, 1.54) is 11.6 Å². The molecule has 5 rings (SSSR count). The van der Waals surface area contributed by atoms with Crippen LogP contribution in [0.25, 0.3) is 11.0 Å². The van der Waals surface area contributed by atoms with Gasteiger partial charge in [-0.2, -0.15) is 13.2 Å². The van der Waals surface area contributed by atoms with Gasteiger partial charge >= 0.3 is 6.18 Å². The first-order chi connectivity index (χ1) is 13.2. The summed E-state index contributed by atoms with van der Waals surface area (Å²) in [4.78, 5) is 6.49. The maximum absolute atomic E-state index is 13.7. The maximum atomic E-state index is 13.7. The minimum Gasteiger partial charge on any atom is -0.334 e. The molecular formula is C21H19F4N3. The van der Waals surface area contributed by atoms with Gasteiger partial charge in [0, 0.05) is 32.1 Å². The second-order valence-corrected chi connectivity index (χ2v) is 8.13. The van der Waals surface area contributed by atoms with E-state index in [9.17, 15) is 17.6 Å². The van der Waals surface area contributed by atoms with E-state index in [0.717, 1.165) is 36.6 Å². The van der Waals surface area contributed by atoms with Gasteiger partial charge in [0.05, 0.1) is 22.9 Å². The molecular weight excluding hydrogens is 370 g/mol. The Labute approximate surface area is 159 Å². The zero-order chi connectivity index (χ0) is 19.7. The highest BCUT2D eigenvalue weighted by molar-refractivity contribution is 5.76. The number of rotatable bonds is 3. The molecule has 0 radical (unpaired) electrons. The number of nitrogens with zero attached hydrogens (tertiary/aromatic N) is 3. The number of likely N-dealkylation sites (tertiary alicyclic amines) is 1. The van der Waals surface area contributed by atoms with Crippen LogP contribution in [0.4, 0.5) is 17.6 Å². The average molecular weight is 389 g/mol. The number of benzene rings is 2. The molecule has 2 unspecified atom stereocenters. The number of imidazole rings is 1. The van der Waals surface area contributed by atoms with Crippen LogP contribution in [0.2, 0.25) is 0 Å². The molecule has 0 N–H and O–H groups in total. The van der Waals surface area contributed by atoms with Crippen LogP contribution in [0.5, 0.6) is 0 Å². The summed E-state index contributed by atoms with van der Waals surface area (Å²) in [7, 11) is 1.96. The minimum absolute atomic E-state index is 0.0542. The SMILES string of the molecule is Cn1cnc2ccc(C34CC3CN(Cc3cc(F)cc(C(F)(F)F)c3)C4)cc21. The summed E-state index contributed by atoms with van der Waals surface area (Å²) >= 11 is 0. The number of hydrogen-bond acceptors (Lipinski definition) is 2. The third-order valence-electron chi connectivity index (χ3n) is 6.21. The molecule has 2 aromatic carbocycles. The molecule has 0 spiro atoms. The molecule has 2 heterocycles. The Hall–Kier alpha value is -2.41. The lowest BCUT2D eigenvalue weighted by Crippen LogP contribution is -2.26. The van der Waals surface area contributed by atoms with Crippen molar-refractivity contribution in [3.63, 3.8) is 0 Å². The van der Waals surface area contributed by atoms with E-state index in [-0.39, 0.29) is 5.41 Å². The van der Waals surface area contributed by atoms with Crippen LogP contribution in [0, 0.1) is 11.7 Å². The van der Waals surface area contributed by atoms with E-state index < -0.39 is 17.6 Å². The third-order valence-corrected chi connectivity index (χ3v) is 6.21. The largest absolute Gasteiger partial charge is 0.416 e. The number of alkyl halides is 3. The Bertz CT molecular complexity index is 1070. The van der Waals surface area contributed by atoms with Crippen LogP contribution in [0.3, 0.4) is 0 Å². The normalized spacial score (nSPS) is 24.7. The summed E-state index contributed by atoms with van der Waals surface area (Å²) < 4.78 is 54.6. The molecule has 2 atom stereocenters. The average Bonchev–Trinajstić information content (AvgIpc) is 3.00. The Kier molecular flexibility index (Phi) is 3.66. The highest BCUT2D eigenvalue weighted by Gasteiger charge is 2.60. The molecule has 1 aliphatic heterocycles. The standard InChI is InChI=1S/C21H19F4N3/c1-27-12-26-18-3-2-14(7-19(18)27)20-8-16(20)10-28(11-20)9-13-4-15(21(23,24)25)6-17(22)5-13/h2-7,12,16H,8-11H2,1H3. The second-order valence-electron chi connectivity index (χ2n) is 8.13. The molecule has 0 amide bonds. The van der Waals surface area contributed by atoms with Gasteiger partial charge in [0.15, 0.2) is 0 Å². The van der Waals surface area contributed by atoms with Crippen molar-refractivity contribution in [3.8, 4) is 0 Å². The maximum Gasteiger partial charge on any atom is 0.416 e. The lowest BCUT2D eigenvalue weighted by Gasteiger charge is -2.22. The molecule has 1 saturated carbocycles. The van der Waals surface area contributed by atoms with E-state index in [1.54, 1.807) is 6.33 Å². The smallest absolute Gasteiger partial charge is 0.334 e. The zero-order valence-corrected chi connectivity index (χ0v) is 15.3. The Morgan fingerprint density at radius 2 is 2.00 bits per heavy atom. The number of piperidine rings is 1. The number of aromatic nitrogens is 2. The molecule has 7 heteroatoms. The Morgan fingerprint density at radius 3 is 2.79 bits per heavy atom. The van der Waals surface area contributed by atoms with Crippen LogP contribution in [0.15, 0.2) is 42.7 Å². The second kappa shape index (κ2) is 5.80. The predicted octanol–water partition coefficient (Wildman–Crippen LogP) is 4.50. The van der Waals surface area contributed by atoms with Crippen LogP contribution in [0.1, 0.15) is 23.1 Å². The number of hydrogen-bond donors (Lipinski definition) is 0. The number of fused-ring (bicyclic) bond motifs is 2. The van der Waals surface area contributed by atoms with Crippen molar-refractivity contribution in [3.05, 3.63) is 65.2 Å². The van der Waals surface area contributed by atoms with Gasteiger partial charge in [-0.3, -0.25) is 4.90 Å². The van der Waals surface area contributed by atoms with Gasteiger partial charge in [-0.05, 0) is 53.8 Å². The molecule has 2 fully saturated rings. The monoisotopic (exact) mass is 389 g/mol. The van der Waals surface area contributed by atoms with Crippen LogP contribution < -0.4 is 0 Å². The minimum atomic E-state index is -4.54. The fraction of sp³-hybridized carbons (Fsp3) is 0.381. The van der Waals surface area contributed by atoms with Gasteiger partial charge in [-0.15, -0.1) is 0 Å². The van der Waals surface area contributed by atoms with Crippen molar-refractivity contribution in [2.24, 2.45) is 13.0 Å².